The first-order chi connectivity index (χ1) is 10.9. The second-order valence-corrected chi connectivity index (χ2v) is 6.87. The molecule has 3 rings (SSSR count). The molecule has 0 bridgehead atoms. The van der Waals surface area contributed by atoms with E-state index in [2.05, 4.69) is 42.5 Å². The molecular formula is C16H27N5S. The molecule has 0 spiro atoms. The summed E-state index contributed by atoms with van der Waals surface area (Å²) in [7, 11) is 1.89. The van der Waals surface area contributed by atoms with Crippen molar-refractivity contribution >= 4 is 22.3 Å². The lowest BCUT2D eigenvalue weighted by Crippen LogP contribution is -2.53. The molecule has 22 heavy (non-hydrogen) atoms. The van der Waals surface area contributed by atoms with Crippen molar-refractivity contribution in [2.45, 2.75) is 12.8 Å². The summed E-state index contributed by atoms with van der Waals surface area (Å²) >= 11 is 1.83. The predicted molar refractivity (Wildman–Crippen MR) is 95.1 cm³/mol. The van der Waals surface area contributed by atoms with Crippen molar-refractivity contribution < 1.29 is 0 Å². The molecule has 0 atom stereocenters. The maximum Gasteiger partial charge on any atom is 0.193 e. The number of hydrogen-bond acceptors (Lipinski definition) is 4. The van der Waals surface area contributed by atoms with Crippen molar-refractivity contribution in [3.05, 3.63) is 17.5 Å². The largest absolute Gasteiger partial charge is 0.360 e. The number of nitrogens with one attached hydrogen (secondary N) is 1. The van der Waals surface area contributed by atoms with Gasteiger partial charge in [0.15, 0.2) is 5.96 Å². The fourth-order valence-electron chi connectivity index (χ4n) is 3.25. The molecule has 122 valence electrons. The number of rotatable bonds is 4. The van der Waals surface area contributed by atoms with Crippen LogP contribution in [0.4, 0.5) is 5.00 Å². The molecule has 0 unspecified atom stereocenters. The van der Waals surface area contributed by atoms with Gasteiger partial charge >= 0.3 is 0 Å². The number of likely N-dealkylation sites (tertiary alicyclic amines) is 1. The quantitative estimate of drug-likeness (QED) is 0.674. The summed E-state index contributed by atoms with van der Waals surface area (Å²) in [5.74, 6) is 1.06. The van der Waals surface area contributed by atoms with Crippen LogP contribution >= 0.6 is 11.3 Å². The third kappa shape index (κ3) is 3.93. The third-order valence-corrected chi connectivity index (χ3v) is 5.45. The standard InChI is InChI=1S/C16H27N5S/c1-17-16(18-6-9-19-7-2-3-8-19)21-12-10-20(11-13-21)15-5-4-14-22-15/h4-5,14H,2-3,6-13H2,1H3,(H,17,18). The Morgan fingerprint density at radius 1 is 1.18 bits per heavy atom. The number of aliphatic imine (C=N–C) groups is 1. The van der Waals surface area contributed by atoms with E-state index in [4.69, 9.17) is 0 Å². The van der Waals surface area contributed by atoms with Gasteiger partial charge in [0.1, 0.15) is 0 Å². The minimum Gasteiger partial charge on any atom is -0.360 e. The fraction of sp³-hybridized carbons (Fsp3) is 0.688. The van der Waals surface area contributed by atoms with Gasteiger partial charge in [-0.25, -0.2) is 0 Å². The number of guanidine groups is 1. The number of piperazine rings is 1. The Hall–Kier alpha value is -1.27. The highest BCUT2D eigenvalue weighted by molar-refractivity contribution is 7.14. The fourth-order valence-corrected chi connectivity index (χ4v) is 4.04. The zero-order valence-electron chi connectivity index (χ0n) is 13.5. The Morgan fingerprint density at radius 3 is 2.59 bits per heavy atom. The van der Waals surface area contributed by atoms with E-state index in [0.29, 0.717) is 0 Å². The van der Waals surface area contributed by atoms with E-state index in [-0.39, 0.29) is 0 Å². The average Bonchev–Trinajstić information content (AvgIpc) is 3.25. The molecule has 1 N–H and O–H groups in total. The number of hydrogen-bond donors (Lipinski definition) is 1. The summed E-state index contributed by atoms with van der Waals surface area (Å²) in [6.07, 6.45) is 2.72. The third-order valence-electron chi connectivity index (χ3n) is 4.52. The van der Waals surface area contributed by atoms with E-state index < -0.39 is 0 Å². The molecule has 1 aromatic heterocycles. The van der Waals surface area contributed by atoms with Crippen LogP contribution in [0, 0.1) is 0 Å². The van der Waals surface area contributed by atoms with Gasteiger partial charge in [0.25, 0.3) is 0 Å². The van der Waals surface area contributed by atoms with Crippen molar-refractivity contribution in [3.8, 4) is 0 Å². The van der Waals surface area contributed by atoms with Crippen LogP contribution in [0.1, 0.15) is 12.8 Å². The van der Waals surface area contributed by atoms with E-state index in [1.165, 1.54) is 30.9 Å². The van der Waals surface area contributed by atoms with Gasteiger partial charge in [0, 0.05) is 46.3 Å². The lowest BCUT2D eigenvalue weighted by molar-refractivity contribution is 0.334. The number of anilines is 1. The van der Waals surface area contributed by atoms with Crippen LogP contribution in [0.25, 0.3) is 0 Å². The van der Waals surface area contributed by atoms with Crippen molar-refractivity contribution in [2.75, 3.05) is 64.3 Å². The van der Waals surface area contributed by atoms with Crippen molar-refractivity contribution in [2.24, 2.45) is 4.99 Å². The summed E-state index contributed by atoms with van der Waals surface area (Å²) < 4.78 is 0. The first-order valence-electron chi connectivity index (χ1n) is 8.33. The molecular weight excluding hydrogens is 294 g/mol. The zero-order valence-corrected chi connectivity index (χ0v) is 14.3. The Balaban J connectivity index is 1.42. The van der Waals surface area contributed by atoms with Crippen LogP contribution < -0.4 is 10.2 Å². The van der Waals surface area contributed by atoms with Gasteiger partial charge in [-0.3, -0.25) is 4.99 Å². The van der Waals surface area contributed by atoms with Gasteiger partial charge in [-0.15, -0.1) is 11.3 Å². The lowest BCUT2D eigenvalue weighted by atomic mass is 10.3. The minimum atomic E-state index is 0.998. The zero-order chi connectivity index (χ0) is 15.2. The highest BCUT2D eigenvalue weighted by Crippen LogP contribution is 2.22. The molecule has 0 amide bonds. The van der Waals surface area contributed by atoms with Gasteiger partial charge in [-0.2, -0.15) is 0 Å². The molecule has 2 aliphatic heterocycles. The molecule has 3 heterocycles. The SMILES string of the molecule is CN=C(NCCN1CCCC1)N1CCN(c2cccs2)CC1. The number of nitrogens with zero attached hydrogens (tertiary/aromatic N) is 4. The Morgan fingerprint density at radius 2 is 1.95 bits per heavy atom. The van der Waals surface area contributed by atoms with Crippen molar-refractivity contribution in [3.63, 3.8) is 0 Å². The van der Waals surface area contributed by atoms with Gasteiger partial charge < -0.3 is 20.0 Å². The molecule has 0 radical (unpaired) electrons. The maximum atomic E-state index is 4.46. The van der Waals surface area contributed by atoms with E-state index in [1.807, 2.05) is 18.4 Å². The Bertz CT molecular complexity index is 459. The van der Waals surface area contributed by atoms with Crippen LogP contribution in [0.5, 0.6) is 0 Å². The molecule has 0 aromatic carbocycles. The highest BCUT2D eigenvalue weighted by Gasteiger charge is 2.20. The Kier molecular flexibility index (Phi) is 5.56. The van der Waals surface area contributed by atoms with Gasteiger partial charge in [0.05, 0.1) is 5.00 Å². The summed E-state index contributed by atoms with van der Waals surface area (Å²) in [5, 5.41) is 7.07. The minimum absolute atomic E-state index is 0.998. The van der Waals surface area contributed by atoms with E-state index in [1.54, 1.807) is 0 Å². The maximum absolute atomic E-state index is 4.46. The summed E-state index contributed by atoms with van der Waals surface area (Å²) in [4.78, 5) is 11.9. The van der Waals surface area contributed by atoms with Crippen LogP contribution in [0.3, 0.4) is 0 Å². The molecule has 1 aromatic rings. The molecule has 0 aliphatic carbocycles. The molecule has 0 saturated carbocycles. The van der Waals surface area contributed by atoms with E-state index in [0.717, 1.165) is 45.2 Å². The molecule has 5 nitrogen and oxygen atoms in total. The first kappa shape index (κ1) is 15.6. The summed E-state index contributed by atoms with van der Waals surface area (Å²) in [5.41, 5.74) is 0. The Labute approximate surface area is 137 Å². The van der Waals surface area contributed by atoms with Crippen LogP contribution in [0.15, 0.2) is 22.5 Å². The average molecular weight is 321 g/mol. The topological polar surface area (TPSA) is 34.1 Å². The molecule has 6 heteroatoms. The summed E-state index contributed by atoms with van der Waals surface area (Å²) in [6, 6.07) is 4.34. The molecule has 2 saturated heterocycles. The van der Waals surface area contributed by atoms with Gasteiger partial charge in [0.2, 0.25) is 0 Å². The van der Waals surface area contributed by atoms with Crippen LogP contribution in [-0.4, -0.2) is 75.2 Å². The van der Waals surface area contributed by atoms with Crippen LogP contribution in [-0.2, 0) is 0 Å². The number of thiophene rings is 1. The van der Waals surface area contributed by atoms with Crippen LogP contribution in [0.2, 0.25) is 0 Å². The lowest BCUT2D eigenvalue weighted by Gasteiger charge is -2.37. The second kappa shape index (κ2) is 7.83. The summed E-state index contributed by atoms with van der Waals surface area (Å²) in [6.45, 7) is 8.90. The highest BCUT2D eigenvalue weighted by atomic mass is 32.1. The first-order valence-corrected chi connectivity index (χ1v) is 9.21. The molecule has 2 fully saturated rings. The smallest absolute Gasteiger partial charge is 0.193 e. The molecule has 2 aliphatic rings. The van der Waals surface area contributed by atoms with Gasteiger partial charge in [-0.05, 0) is 43.4 Å². The predicted octanol–water partition coefficient (Wildman–Crippen LogP) is 1.54. The van der Waals surface area contributed by atoms with Crippen molar-refractivity contribution in [1.29, 1.82) is 0 Å². The second-order valence-electron chi connectivity index (χ2n) is 5.95. The van der Waals surface area contributed by atoms with E-state index >= 15 is 0 Å². The van der Waals surface area contributed by atoms with E-state index in [9.17, 15) is 0 Å². The normalized spacial score (nSPS) is 20.7. The van der Waals surface area contributed by atoms with Crippen molar-refractivity contribution in [1.82, 2.24) is 15.1 Å². The monoisotopic (exact) mass is 321 g/mol. The van der Waals surface area contributed by atoms with Gasteiger partial charge in [-0.1, -0.05) is 0 Å².